The van der Waals surface area contributed by atoms with Gasteiger partial charge in [0.05, 0.1) is 11.4 Å². The molecule has 2 amide bonds. The molecule has 0 aromatic heterocycles. The number of methoxy groups -OCH3 is 1. The zero-order valence-corrected chi connectivity index (χ0v) is 13.6. The molecular formula is C17H23N3O3. The first-order valence-corrected chi connectivity index (χ1v) is 8.10. The van der Waals surface area contributed by atoms with E-state index in [1.54, 1.807) is 12.0 Å². The highest BCUT2D eigenvalue weighted by molar-refractivity contribution is 6.06. The van der Waals surface area contributed by atoms with Gasteiger partial charge in [-0.25, -0.2) is 0 Å². The fourth-order valence-electron chi connectivity index (χ4n) is 3.36. The number of ether oxygens (including phenoxy) is 1. The summed E-state index contributed by atoms with van der Waals surface area (Å²) in [6.45, 7) is 3.05. The van der Waals surface area contributed by atoms with Crippen LogP contribution in [0.15, 0.2) is 24.3 Å². The Hall–Kier alpha value is -2.08. The molecule has 1 saturated heterocycles. The fraction of sp³-hybridized carbons (Fsp3) is 0.529. The smallest absolute Gasteiger partial charge is 0.251 e. The van der Waals surface area contributed by atoms with Crippen molar-refractivity contribution in [3.63, 3.8) is 0 Å². The van der Waals surface area contributed by atoms with Crippen LogP contribution in [0.1, 0.15) is 26.2 Å². The Morgan fingerprint density at radius 2 is 1.96 bits per heavy atom. The van der Waals surface area contributed by atoms with E-state index in [4.69, 9.17) is 4.74 Å². The first-order chi connectivity index (χ1) is 11.1. The Balaban J connectivity index is 1.71. The zero-order valence-electron chi connectivity index (χ0n) is 13.6. The maximum absolute atomic E-state index is 12.6. The van der Waals surface area contributed by atoms with E-state index in [1.807, 2.05) is 31.2 Å². The van der Waals surface area contributed by atoms with Gasteiger partial charge in [-0.2, -0.15) is 0 Å². The number of anilines is 2. The van der Waals surface area contributed by atoms with E-state index in [-0.39, 0.29) is 11.8 Å². The molecule has 1 aromatic carbocycles. The number of para-hydroxylation sites is 2. The summed E-state index contributed by atoms with van der Waals surface area (Å²) in [5.41, 5.74) is 1.13. The summed E-state index contributed by atoms with van der Waals surface area (Å²) in [4.78, 5) is 26.8. The number of carbonyl (C=O) groups is 2. The second kappa shape index (κ2) is 6.20. The van der Waals surface area contributed by atoms with Crippen molar-refractivity contribution in [2.45, 2.75) is 37.8 Å². The third-order valence-electron chi connectivity index (χ3n) is 4.84. The first-order valence-electron chi connectivity index (χ1n) is 8.10. The van der Waals surface area contributed by atoms with Gasteiger partial charge in [0.2, 0.25) is 5.91 Å². The highest BCUT2D eigenvalue weighted by Gasteiger charge is 2.45. The highest BCUT2D eigenvalue weighted by Crippen LogP contribution is 2.36. The molecule has 23 heavy (non-hydrogen) atoms. The number of rotatable bonds is 3. The third kappa shape index (κ3) is 2.79. The molecule has 3 rings (SSSR count). The second-order valence-corrected chi connectivity index (χ2v) is 6.16. The molecule has 6 heteroatoms. The van der Waals surface area contributed by atoms with Crippen LogP contribution in [0.2, 0.25) is 0 Å². The van der Waals surface area contributed by atoms with Crippen molar-refractivity contribution < 1.29 is 14.3 Å². The van der Waals surface area contributed by atoms with Gasteiger partial charge in [0, 0.05) is 20.2 Å². The zero-order chi connectivity index (χ0) is 16.4. The van der Waals surface area contributed by atoms with Crippen molar-refractivity contribution in [3.05, 3.63) is 24.3 Å². The van der Waals surface area contributed by atoms with Crippen LogP contribution in [0.4, 0.5) is 11.4 Å². The van der Waals surface area contributed by atoms with E-state index in [1.165, 1.54) is 0 Å². The van der Waals surface area contributed by atoms with Crippen LogP contribution in [0, 0.1) is 0 Å². The van der Waals surface area contributed by atoms with Gasteiger partial charge in [0.25, 0.3) is 5.91 Å². The topological polar surface area (TPSA) is 70.7 Å². The molecule has 124 valence electrons. The van der Waals surface area contributed by atoms with Crippen LogP contribution in [0.5, 0.6) is 0 Å². The van der Waals surface area contributed by atoms with Gasteiger partial charge in [0.1, 0.15) is 11.6 Å². The Bertz CT molecular complexity index is 605. The lowest BCUT2D eigenvalue weighted by Gasteiger charge is -2.44. The van der Waals surface area contributed by atoms with Crippen molar-refractivity contribution in [1.82, 2.24) is 4.90 Å². The highest BCUT2D eigenvalue weighted by atomic mass is 16.5. The van der Waals surface area contributed by atoms with Crippen molar-refractivity contribution >= 4 is 23.2 Å². The van der Waals surface area contributed by atoms with E-state index in [0.717, 1.165) is 11.4 Å². The van der Waals surface area contributed by atoms with E-state index in [0.29, 0.717) is 32.4 Å². The lowest BCUT2D eigenvalue weighted by atomic mass is 9.84. The van der Waals surface area contributed by atoms with Gasteiger partial charge in [-0.05, 0) is 31.4 Å². The molecule has 1 fully saturated rings. The minimum absolute atomic E-state index is 0.0120. The minimum atomic E-state index is -0.625. The van der Waals surface area contributed by atoms with Crippen molar-refractivity contribution in [2.24, 2.45) is 0 Å². The van der Waals surface area contributed by atoms with Gasteiger partial charge in [0.15, 0.2) is 0 Å². The number of nitrogens with zero attached hydrogens (tertiary/aromatic N) is 1. The van der Waals surface area contributed by atoms with Gasteiger partial charge in [-0.15, -0.1) is 0 Å². The largest absolute Gasteiger partial charge is 0.372 e. The number of likely N-dealkylation sites (tertiary alicyclic amines) is 1. The van der Waals surface area contributed by atoms with Crippen LogP contribution in [0.25, 0.3) is 0 Å². The number of piperidine rings is 1. The van der Waals surface area contributed by atoms with Crippen LogP contribution in [-0.4, -0.2) is 48.6 Å². The van der Waals surface area contributed by atoms with Crippen molar-refractivity contribution in [1.29, 1.82) is 0 Å². The molecular weight excluding hydrogens is 294 g/mol. The number of carbonyl (C=O) groups excluding carboxylic acids is 2. The molecule has 0 saturated carbocycles. The van der Waals surface area contributed by atoms with Crippen LogP contribution < -0.4 is 10.6 Å². The third-order valence-corrected chi connectivity index (χ3v) is 4.84. The molecule has 2 heterocycles. The summed E-state index contributed by atoms with van der Waals surface area (Å²) in [6, 6.07) is 7.69. The maximum atomic E-state index is 12.6. The van der Waals surface area contributed by atoms with Crippen LogP contribution >= 0.6 is 0 Å². The van der Waals surface area contributed by atoms with E-state index < -0.39 is 11.6 Å². The molecule has 0 aliphatic carbocycles. The second-order valence-electron chi connectivity index (χ2n) is 6.16. The molecule has 0 radical (unpaired) electrons. The van der Waals surface area contributed by atoms with Gasteiger partial charge < -0.3 is 20.3 Å². The Labute approximate surface area is 136 Å². The molecule has 1 atom stereocenters. The average molecular weight is 317 g/mol. The number of nitrogens with one attached hydrogen (secondary N) is 2. The van der Waals surface area contributed by atoms with Gasteiger partial charge in [-0.1, -0.05) is 19.1 Å². The summed E-state index contributed by atoms with van der Waals surface area (Å²) < 4.78 is 5.23. The molecule has 2 aliphatic heterocycles. The Morgan fingerprint density at radius 3 is 2.57 bits per heavy atom. The summed E-state index contributed by atoms with van der Waals surface area (Å²) >= 11 is 0. The van der Waals surface area contributed by atoms with E-state index in [2.05, 4.69) is 10.6 Å². The standard InChI is InChI=1S/C17H23N3O3/c1-3-14(23-2)15(21)20-10-8-17(9-11-20)16(22)18-12-6-4-5-7-13(12)19-17/h4-7,14,19H,3,8-11H2,1-2H3,(H,18,22). The van der Waals surface area contributed by atoms with E-state index in [9.17, 15) is 9.59 Å². The first kappa shape index (κ1) is 15.8. The molecule has 6 nitrogen and oxygen atoms in total. The molecule has 2 aliphatic rings. The molecule has 1 aromatic rings. The quantitative estimate of drug-likeness (QED) is 0.892. The number of benzene rings is 1. The van der Waals surface area contributed by atoms with Crippen molar-refractivity contribution in [2.75, 3.05) is 30.8 Å². The number of hydrogen-bond donors (Lipinski definition) is 2. The lowest BCUT2D eigenvalue weighted by Crippen LogP contribution is -2.59. The summed E-state index contributed by atoms with van der Waals surface area (Å²) in [6.07, 6.45) is 1.46. The summed E-state index contributed by atoms with van der Waals surface area (Å²) in [5, 5.41) is 6.38. The molecule has 0 bridgehead atoms. The van der Waals surface area contributed by atoms with Crippen molar-refractivity contribution in [3.8, 4) is 0 Å². The average Bonchev–Trinajstić information content (AvgIpc) is 2.57. The number of amides is 2. The predicted molar refractivity (Wildman–Crippen MR) is 88.3 cm³/mol. The van der Waals surface area contributed by atoms with Gasteiger partial charge >= 0.3 is 0 Å². The Kier molecular flexibility index (Phi) is 4.26. The monoisotopic (exact) mass is 317 g/mol. The predicted octanol–water partition coefficient (Wildman–Crippen LogP) is 1.84. The summed E-state index contributed by atoms with van der Waals surface area (Å²) in [5.74, 6) is 0.00329. The SMILES string of the molecule is CCC(OC)C(=O)N1CCC2(CC1)Nc1ccccc1NC2=O. The lowest BCUT2D eigenvalue weighted by molar-refractivity contribution is -0.144. The van der Waals surface area contributed by atoms with Gasteiger partial charge in [-0.3, -0.25) is 9.59 Å². The van der Waals surface area contributed by atoms with Crippen LogP contribution in [0.3, 0.4) is 0 Å². The fourth-order valence-corrected chi connectivity index (χ4v) is 3.36. The molecule has 1 unspecified atom stereocenters. The normalized spacial score (nSPS) is 20.4. The maximum Gasteiger partial charge on any atom is 0.251 e. The Morgan fingerprint density at radius 1 is 1.30 bits per heavy atom. The molecule has 1 spiro atoms. The number of hydrogen-bond acceptors (Lipinski definition) is 4. The molecule has 2 N–H and O–H groups in total. The minimum Gasteiger partial charge on any atom is -0.372 e. The number of fused-ring (bicyclic) bond motifs is 1. The van der Waals surface area contributed by atoms with E-state index >= 15 is 0 Å². The summed E-state index contributed by atoms with van der Waals surface area (Å²) in [7, 11) is 1.56. The van der Waals surface area contributed by atoms with Crippen LogP contribution in [-0.2, 0) is 14.3 Å².